The molecule has 1 atom stereocenters. The molecule has 5 heteroatoms. The Morgan fingerprint density at radius 1 is 1.28 bits per heavy atom. The van der Waals surface area contributed by atoms with Crippen LogP contribution < -0.4 is 5.48 Å². The maximum Gasteiger partial charge on any atom is 0.163 e. The molecule has 0 saturated carbocycles. The van der Waals surface area contributed by atoms with Gasteiger partial charge in [-0.3, -0.25) is 0 Å². The summed E-state index contributed by atoms with van der Waals surface area (Å²) >= 11 is 0. The summed E-state index contributed by atoms with van der Waals surface area (Å²) < 4.78 is 30.2. The van der Waals surface area contributed by atoms with Gasteiger partial charge in [0.1, 0.15) is 0 Å². The Morgan fingerprint density at radius 2 is 1.89 bits per heavy atom. The molecule has 3 nitrogen and oxygen atoms in total. The number of hydrogen-bond donors (Lipinski definition) is 1. The van der Waals surface area contributed by atoms with E-state index >= 15 is 0 Å². The first-order valence-electron chi connectivity index (χ1n) is 5.92. The lowest BCUT2D eigenvalue weighted by molar-refractivity contribution is 0.0876. The summed E-state index contributed by atoms with van der Waals surface area (Å²) in [6.07, 6.45) is 0.667. The Bertz CT molecular complexity index is 329. The second-order valence-electron chi connectivity index (χ2n) is 3.36. The average molecular weight is 261 g/mol. The third kappa shape index (κ3) is 5.08. The second-order valence-corrected chi connectivity index (χ2v) is 3.36. The Balaban J connectivity index is 0.000000509. The van der Waals surface area contributed by atoms with E-state index in [0.29, 0.717) is 18.6 Å². The SMILES string of the molecule is CC.COC.Fc1cccc(C2CCON2)c1F. The van der Waals surface area contributed by atoms with Crippen LogP contribution in [0.2, 0.25) is 0 Å². The van der Waals surface area contributed by atoms with Crippen LogP contribution >= 0.6 is 0 Å². The van der Waals surface area contributed by atoms with Crippen molar-refractivity contribution in [1.82, 2.24) is 5.48 Å². The van der Waals surface area contributed by atoms with Gasteiger partial charge in [-0.15, -0.1) is 0 Å². The monoisotopic (exact) mass is 261 g/mol. The van der Waals surface area contributed by atoms with Crippen molar-refractivity contribution >= 4 is 0 Å². The van der Waals surface area contributed by atoms with Crippen molar-refractivity contribution in [2.45, 2.75) is 26.3 Å². The molecular formula is C13H21F2NO2. The molecule has 0 aromatic heterocycles. The highest BCUT2D eigenvalue weighted by atomic mass is 19.2. The number of hydroxylamine groups is 1. The zero-order valence-corrected chi connectivity index (χ0v) is 11.3. The smallest absolute Gasteiger partial charge is 0.163 e. The standard InChI is InChI=1S/C9H9F2NO.C2H6O.C2H6/c10-7-3-1-2-6(9(7)11)8-4-5-13-12-8;1-3-2;1-2/h1-3,8,12H,4-5H2;1-2H3;1-2H3. The molecule has 104 valence electrons. The fraction of sp³-hybridized carbons (Fsp3) is 0.538. The van der Waals surface area contributed by atoms with Crippen molar-refractivity contribution in [1.29, 1.82) is 0 Å². The Hall–Kier alpha value is -1.04. The molecule has 1 saturated heterocycles. The van der Waals surface area contributed by atoms with Crippen LogP contribution in [-0.4, -0.2) is 20.8 Å². The fourth-order valence-electron chi connectivity index (χ4n) is 1.40. The highest BCUT2D eigenvalue weighted by molar-refractivity contribution is 5.22. The van der Waals surface area contributed by atoms with E-state index in [9.17, 15) is 8.78 Å². The molecule has 18 heavy (non-hydrogen) atoms. The van der Waals surface area contributed by atoms with Crippen molar-refractivity contribution in [3.8, 4) is 0 Å². The van der Waals surface area contributed by atoms with Gasteiger partial charge >= 0.3 is 0 Å². The normalized spacial score (nSPS) is 17.3. The molecule has 0 amide bonds. The predicted molar refractivity (Wildman–Crippen MR) is 67.1 cm³/mol. The van der Waals surface area contributed by atoms with Crippen molar-refractivity contribution in [2.24, 2.45) is 0 Å². The fourth-order valence-corrected chi connectivity index (χ4v) is 1.40. The summed E-state index contributed by atoms with van der Waals surface area (Å²) in [6.45, 7) is 4.53. The lowest BCUT2D eigenvalue weighted by Gasteiger charge is -2.09. The number of hydrogen-bond acceptors (Lipinski definition) is 3. The van der Waals surface area contributed by atoms with E-state index in [1.807, 2.05) is 13.8 Å². The molecule has 1 heterocycles. The van der Waals surface area contributed by atoms with Gasteiger partial charge in [-0.2, -0.15) is 5.48 Å². The molecule has 0 spiro atoms. The lowest BCUT2D eigenvalue weighted by Crippen LogP contribution is -2.13. The molecule has 1 aromatic rings. The Morgan fingerprint density at radius 3 is 2.39 bits per heavy atom. The second kappa shape index (κ2) is 9.94. The van der Waals surface area contributed by atoms with E-state index in [0.717, 1.165) is 6.07 Å². The number of methoxy groups -OCH3 is 1. The van der Waals surface area contributed by atoms with E-state index in [1.165, 1.54) is 6.07 Å². The van der Waals surface area contributed by atoms with Gasteiger partial charge in [0.15, 0.2) is 11.6 Å². The predicted octanol–water partition coefficient (Wildman–Crippen LogP) is 3.22. The maximum atomic E-state index is 13.2. The van der Waals surface area contributed by atoms with E-state index in [2.05, 4.69) is 10.2 Å². The van der Waals surface area contributed by atoms with Gasteiger partial charge in [0.05, 0.1) is 12.6 Å². The number of nitrogens with one attached hydrogen (secondary N) is 1. The Labute approximate surface area is 107 Å². The van der Waals surface area contributed by atoms with E-state index in [1.54, 1.807) is 20.3 Å². The van der Waals surface area contributed by atoms with Gasteiger partial charge < -0.3 is 9.57 Å². The first kappa shape index (κ1) is 17.0. The van der Waals surface area contributed by atoms with Crippen LogP contribution in [0.4, 0.5) is 8.78 Å². The first-order valence-corrected chi connectivity index (χ1v) is 5.92. The summed E-state index contributed by atoms with van der Waals surface area (Å²) in [5, 5.41) is 0. The molecule has 2 rings (SSSR count). The zero-order chi connectivity index (χ0) is 14.0. The first-order chi connectivity index (χ1) is 8.70. The van der Waals surface area contributed by atoms with Crippen LogP contribution in [0.15, 0.2) is 18.2 Å². The number of halogens is 2. The summed E-state index contributed by atoms with van der Waals surface area (Å²) in [7, 11) is 3.25. The minimum Gasteiger partial charge on any atom is -0.388 e. The molecule has 1 fully saturated rings. The van der Waals surface area contributed by atoms with Gasteiger partial charge in [-0.05, 0) is 12.5 Å². The largest absolute Gasteiger partial charge is 0.388 e. The summed E-state index contributed by atoms with van der Waals surface area (Å²) in [6, 6.07) is 3.93. The average Bonchev–Trinajstić information content (AvgIpc) is 2.90. The maximum absolute atomic E-state index is 13.2. The third-order valence-corrected chi connectivity index (χ3v) is 2.09. The van der Waals surface area contributed by atoms with E-state index < -0.39 is 11.6 Å². The number of benzene rings is 1. The molecular weight excluding hydrogens is 240 g/mol. The van der Waals surface area contributed by atoms with Crippen LogP contribution in [0.25, 0.3) is 0 Å². The van der Waals surface area contributed by atoms with E-state index in [4.69, 9.17) is 4.84 Å². The van der Waals surface area contributed by atoms with Gasteiger partial charge in [0, 0.05) is 19.8 Å². The highest BCUT2D eigenvalue weighted by Crippen LogP contribution is 2.24. The molecule has 1 aromatic carbocycles. The summed E-state index contributed by atoms with van der Waals surface area (Å²) in [4.78, 5) is 4.87. The summed E-state index contributed by atoms with van der Waals surface area (Å²) in [5.41, 5.74) is 2.97. The van der Waals surface area contributed by atoms with Crippen molar-refractivity contribution in [3.05, 3.63) is 35.4 Å². The lowest BCUT2D eigenvalue weighted by atomic mass is 10.0. The van der Waals surface area contributed by atoms with Crippen molar-refractivity contribution in [2.75, 3.05) is 20.8 Å². The van der Waals surface area contributed by atoms with Crippen molar-refractivity contribution < 1.29 is 18.4 Å². The number of rotatable bonds is 1. The van der Waals surface area contributed by atoms with Gasteiger partial charge in [0.25, 0.3) is 0 Å². The summed E-state index contributed by atoms with van der Waals surface area (Å²) in [5.74, 6) is -1.60. The minimum atomic E-state index is -0.814. The molecule has 1 aliphatic rings. The molecule has 0 bridgehead atoms. The number of ether oxygens (including phenoxy) is 1. The minimum absolute atomic E-state index is 0.226. The molecule has 0 radical (unpaired) electrons. The van der Waals surface area contributed by atoms with Gasteiger partial charge in [0.2, 0.25) is 0 Å². The quantitative estimate of drug-likeness (QED) is 0.842. The third-order valence-electron chi connectivity index (χ3n) is 2.09. The molecule has 1 unspecified atom stereocenters. The highest BCUT2D eigenvalue weighted by Gasteiger charge is 2.21. The van der Waals surface area contributed by atoms with Crippen LogP contribution in [-0.2, 0) is 9.57 Å². The zero-order valence-electron chi connectivity index (χ0n) is 11.3. The van der Waals surface area contributed by atoms with Gasteiger partial charge in [-0.25, -0.2) is 8.78 Å². The van der Waals surface area contributed by atoms with Crippen LogP contribution in [0.1, 0.15) is 31.9 Å². The Kier molecular flexibility index (Phi) is 9.36. The van der Waals surface area contributed by atoms with Crippen LogP contribution in [0.3, 0.4) is 0 Å². The topological polar surface area (TPSA) is 30.5 Å². The molecule has 1 N–H and O–H groups in total. The molecule has 1 aliphatic heterocycles. The van der Waals surface area contributed by atoms with Gasteiger partial charge in [-0.1, -0.05) is 26.0 Å². The van der Waals surface area contributed by atoms with E-state index in [-0.39, 0.29) is 6.04 Å². The van der Waals surface area contributed by atoms with Crippen LogP contribution in [0, 0.1) is 11.6 Å². The van der Waals surface area contributed by atoms with Crippen LogP contribution in [0.5, 0.6) is 0 Å². The van der Waals surface area contributed by atoms with Crippen molar-refractivity contribution in [3.63, 3.8) is 0 Å². The molecule has 0 aliphatic carbocycles.